The van der Waals surface area contributed by atoms with E-state index in [-0.39, 0.29) is 16.2 Å². The van der Waals surface area contributed by atoms with E-state index in [1.165, 1.54) is 24.4 Å². The van der Waals surface area contributed by atoms with Crippen LogP contribution in [0, 0.1) is 17.1 Å². The number of hydrogen-bond acceptors (Lipinski definition) is 4. The molecule has 19 heavy (non-hydrogen) atoms. The highest BCUT2D eigenvalue weighted by atomic mass is 32.2. The van der Waals surface area contributed by atoms with Crippen LogP contribution >= 0.6 is 11.8 Å². The quantitative estimate of drug-likeness (QED) is 0.931. The lowest BCUT2D eigenvalue weighted by Gasteiger charge is -2.04. The first-order valence-corrected chi connectivity index (χ1v) is 5.98. The number of aromatic carboxylic acids is 1. The van der Waals surface area contributed by atoms with Crippen molar-refractivity contribution in [1.29, 1.82) is 5.26 Å². The van der Waals surface area contributed by atoms with E-state index in [9.17, 15) is 9.18 Å². The molecule has 0 radical (unpaired) electrons. The minimum Gasteiger partial charge on any atom is -0.478 e. The van der Waals surface area contributed by atoms with E-state index in [4.69, 9.17) is 10.4 Å². The number of halogens is 1. The molecule has 0 aliphatic heterocycles. The van der Waals surface area contributed by atoms with Crippen molar-refractivity contribution in [2.24, 2.45) is 0 Å². The van der Waals surface area contributed by atoms with E-state index < -0.39 is 11.8 Å². The number of nitrogens with zero attached hydrogens (tertiary/aromatic N) is 2. The van der Waals surface area contributed by atoms with Crippen LogP contribution in [0.25, 0.3) is 0 Å². The number of hydrogen-bond donors (Lipinski definition) is 1. The average molecular weight is 274 g/mol. The van der Waals surface area contributed by atoms with Crippen LogP contribution in [0.4, 0.5) is 4.39 Å². The predicted octanol–water partition coefficient (Wildman–Crippen LogP) is 2.94. The second kappa shape index (κ2) is 5.50. The summed E-state index contributed by atoms with van der Waals surface area (Å²) in [6, 6.07) is 8.59. The van der Waals surface area contributed by atoms with Gasteiger partial charge >= 0.3 is 5.97 Å². The van der Waals surface area contributed by atoms with E-state index in [0.29, 0.717) is 4.90 Å². The maximum atomic E-state index is 13.6. The van der Waals surface area contributed by atoms with Crippen LogP contribution in [-0.4, -0.2) is 16.1 Å². The number of carbonyl (C=O) groups is 1. The highest BCUT2D eigenvalue weighted by Crippen LogP contribution is 2.30. The van der Waals surface area contributed by atoms with Crippen molar-refractivity contribution in [2.75, 3.05) is 0 Å². The smallest absolute Gasteiger partial charge is 0.335 e. The number of carboxylic acids is 1. The van der Waals surface area contributed by atoms with Gasteiger partial charge in [0.15, 0.2) is 0 Å². The molecule has 94 valence electrons. The van der Waals surface area contributed by atoms with E-state index in [1.54, 1.807) is 6.07 Å². The Morgan fingerprint density at radius 1 is 1.37 bits per heavy atom. The Bertz CT molecular complexity index is 683. The topological polar surface area (TPSA) is 74.0 Å². The highest BCUT2D eigenvalue weighted by molar-refractivity contribution is 7.99. The lowest BCUT2D eigenvalue weighted by Crippen LogP contribution is -1.97. The number of rotatable bonds is 3. The first-order valence-electron chi connectivity index (χ1n) is 5.17. The normalized spacial score (nSPS) is 9.89. The Morgan fingerprint density at radius 3 is 2.84 bits per heavy atom. The molecular weight excluding hydrogens is 267 g/mol. The van der Waals surface area contributed by atoms with Gasteiger partial charge in [0.25, 0.3) is 0 Å². The zero-order chi connectivity index (χ0) is 13.8. The zero-order valence-corrected chi connectivity index (χ0v) is 10.3. The molecule has 1 aromatic carbocycles. The zero-order valence-electron chi connectivity index (χ0n) is 9.50. The lowest BCUT2D eigenvalue weighted by molar-refractivity contribution is 0.0696. The fourth-order valence-corrected chi connectivity index (χ4v) is 2.28. The van der Waals surface area contributed by atoms with Crippen molar-refractivity contribution < 1.29 is 14.3 Å². The number of pyridine rings is 1. The molecule has 2 aromatic rings. The van der Waals surface area contributed by atoms with Gasteiger partial charge in [-0.3, -0.25) is 0 Å². The number of nitriles is 1. The van der Waals surface area contributed by atoms with Gasteiger partial charge in [0.2, 0.25) is 0 Å². The van der Waals surface area contributed by atoms with E-state index >= 15 is 0 Å². The molecule has 4 nitrogen and oxygen atoms in total. The van der Waals surface area contributed by atoms with Crippen LogP contribution < -0.4 is 0 Å². The maximum absolute atomic E-state index is 13.6. The Morgan fingerprint density at radius 2 is 2.16 bits per heavy atom. The molecule has 0 saturated heterocycles. The second-order valence-corrected chi connectivity index (χ2v) is 4.66. The Kier molecular flexibility index (Phi) is 3.78. The van der Waals surface area contributed by atoms with E-state index in [1.807, 2.05) is 6.07 Å². The maximum Gasteiger partial charge on any atom is 0.335 e. The highest BCUT2D eigenvalue weighted by Gasteiger charge is 2.10. The molecule has 0 saturated carbocycles. The van der Waals surface area contributed by atoms with Crippen molar-refractivity contribution in [1.82, 2.24) is 4.98 Å². The summed E-state index contributed by atoms with van der Waals surface area (Å²) in [6.45, 7) is 0. The fourth-order valence-electron chi connectivity index (χ4n) is 1.38. The molecule has 2 rings (SSSR count). The first kappa shape index (κ1) is 13.1. The molecule has 0 amide bonds. The summed E-state index contributed by atoms with van der Waals surface area (Å²) in [5.74, 6) is -1.63. The van der Waals surface area contributed by atoms with E-state index in [0.717, 1.165) is 17.8 Å². The number of carboxylic acid groups (broad SMARTS) is 1. The van der Waals surface area contributed by atoms with E-state index in [2.05, 4.69) is 4.98 Å². The van der Waals surface area contributed by atoms with Crippen molar-refractivity contribution in [3.05, 3.63) is 53.6 Å². The van der Waals surface area contributed by atoms with Gasteiger partial charge in [-0.15, -0.1) is 0 Å². The Hall–Kier alpha value is -2.39. The molecule has 0 spiro atoms. The summed E-state index contributed by atoms with van der Waals surface area (Å²) in [5, 5.41) is 17.6. The summed E-state index contributed by atoms with van der Waals surface area (Å²) in [5.41, 5.74) is 0.235. The molecule has 6 heteroatoms. The van der Waals surface area contributed by atoms with Crippen LogP contribution in [0.3, 0.4) is 0 Å². The average Bonchev–Trinajstić information content (AvgIpc) is 2.41. The van der Waals surface area contributed by atoms with Gasteiger partial charge in [0.1, 0.15) is 17.6 Å². The van der Waals surface area contributed by atoms with Crippen LogP contribution in [-0.2, 0) is 0 Å². The standard InChI is InChI=1S/C13H7FN2O2S/c14-11-2-1-8(13(17)18)5-12(11)19-10-3-4-16-9(6-10)7-15/h1-6H,(H,17,18). The van der Waals surface area contributed by atoms with Crippen molar-refractivity contribution in [3.63, 3.8) is 0 Å². The lowest BCUT2D eigenvalue weighted by atomic mass is 10.2. The number of benzene rings is 1. The molecule has 1 aromatic heterocycles. The number of aromatic nitrogens is 1. The van der Waals surface area contributed by atoms with Gasteiger partial charge < -0.3 is 5.11 Å². The predicted molar refractivity (Wildman–Crippen MR) is 66.4 cm³/mol. The van der Waals surface area contributed by atoms with Gasteiger partial charge in [-0.1, -0.05) is 11.8 Å². The molecular formula is C13H7FN2O2S. The molecule has 0 fully saturated rings. The Labute approximate surface area is 112 Å². The van der Waals surface area contributed by atoms with Gasteiger partial charge in [-0.05, 0) is 30.3 Å². The van der Waals surface area contributed by atoms with Crippen LogP contribution in [0.1, 0.15) is 16.1 Å². The molecule has 0 unspecified atom stereocenters. The third-order valence-corrected chi connectivity index (χ3v) is 3.27. The van der Waals surface area contributed by atoms with Gasteiger partial charge in [0, 0.05) is 16.0 Å². The van der Waals surface area contributed by atoms with Gasteiger partial charge in [0.05, 0.1) is 5.56 Å². The largest absolute Gasteiger partial charge is 0.478 e. The van der Waals surface area contributed by atoms with Crippen molar-refractivity contribution >= 4 is 17.7 Å². The minimum absolute atomic E-state index is 0.0125. The van der Waals surface area contributed by atoms with Crippen LogP contribution in [0.5, 0.6) is 0 Å². The molecule has 1 N–H and O–H groups in total. The third-order valence-electron chi connectivity index (χ3n) is 2.25. The van der Waals surface area contributed by atoms with Crippen LogP contribution in [0.2, 0.25) is 0 Å². The fraction of sp³-hybridized carbons (Fsp3) is 0. The minimum atomic E-state index is -1.12. The third kappa shape index (κ3) is 3.09. The van der Waals surface area contributed by atoms with Crippen molar-refractivity contribution in [2.45, 2.75) is 9.79 Å². The monoisotopic (exact) mass is 274 g/mol. The van der Waals surface area contributed by atoms with Crippen molar-refractivity contribution in [3.8, 4) is 6.07 Å². The molecule has 0 aliphatic rings. The van der Waals surface area contributed by atoms with Gasteiger partial charge in [-0.2, -0.15) is 5.26 Å². The molecule has 0 bridgehead atoms. The first-order chi connectivity index (χ1) is 9.10. The summed E-state index contributed by atoms with van der Waals surface area (Å²) in [7, 11) is 0. The van der Waals surface area contributed by atoms with Crippen LogP contribution in [0.15, 0.2) is 46.3 Å². The molecule has 1 heterocycles. The summed E-state index contributed by atoms with van der Waals surface area (Å²) in [6.07, 6.45) is 1.44. The van der Waals surface area contributed by atoms with Gasteiger partial charge in [-0.25, -0.2) is 14.2 Å². The Balaban J connectivity index is 2.34. The summed E-state index contributed by atoms with van der Waals surface area (Å²) < 4.78 is 13.6. The summed E-state index contributed by atoms with van der Waals surface area (Å²) >= 11 is 1.05. The molecule has 0 aliphatic carbocycles. The second-order valence-electron chi connectivity index (χ2n) is 3.54. The SMILES string of the molecule is N#Cc1cc(Sc2cc(C(=O)O)ccc2F)ccn1. The molecule has 0 atom stereocenters. The summed E-state index contributed by atoms with van der Waals surface area (Å²) in [4.78, 5) is 15.4.